The molecule has 2 fully saturated rings. The highest BCUT2D eigenvalue weighted by atomic mass is 16.3. The Morgan fingerprint density at radius 2 is 1.62 bits per heavy atom. The fraction of sp³-hybridized carbons (Fsp3) is 0.294. The number of carbonyl (C=O) groups is 2. The third-order valence-electron chi connectivity index (χ3n) is 8.56. The maximum atomic E-state index is 13.8. The van der Waals surface area contributed by atoms with Crippen molar-refractivity contribution in [1.29, 1.82) is 0 Å². The molecule has 42 heavy (non-hydrogen) atoms. The van der Waals surface area contributed by atoms with Gasteiger partial charge in [0.2, 0.25) is 5.91 Å². The molecule has 4 aromatic rings. The summed E-state index contributed by atoms with van der Waals surface area (Å²) in [5.41, 5.74) is 3.26. The molecule has 4 aromatic carbocycles. The van der Waals surface area contributed by atoms with Crippen LogP contribution in [0.25, 0.3) is 10.8 Å². The number of rotatable bonds is 6. The first-order valence-electron chi connectivity index (χ1n) is 14.5. The Hall–Kier alpha value is -4.40. The molecule has 3 amide bonds. The molecule has 2 aliphatic rings. The Morgan fingerprint density at radius 1 is 0.905 bits per heavy atom. The SMILES string of the molecule is C[C@@H]1[C@H]2N(C(=O)CN(C)N2C(=O)NCc2ccccc2)[C@@H](Cc2ccc(O)cc2)CN1Cc1cccc2ccccc12. The number of phenols is 1. The van der Waals surface area contributed by atoms with Crippen LogP contribution in [0, 0.1) is 0 Å². The van der Waals surface area contributed by atoms with Crippen molar-refractivity contribution in [3.8, 4) is 5.75 Å². The minimum atomic E-state index is -0.488. The summed E-state index contributed by atoms with van der Waals surface area (Å²) < 4.78 is 0. The first kappa shape index (κ1) is 27.8. The van der Waals surface area contributed by atoms with Gasteiger partial charge in [-0.25, -0.2) is 14.8 Å². The summed E-state index contributed by atoms with van der Waals surface area (Å²) in [5.74, 6) is 0.221. The molecule has 0 saturated carbocycles. The number of nitrogens with one attached hydrogen (secondary N) is 1. The number of aromatic hydroxyl groups is 1. The van der Waals surface area contributed by atoms with Gasteiger partial charge < -0.3 is 15.3 Å². The molecule has 0 aliphatic carbocycles. The molecule has 2 aliphatic heterocycles. The number of piperazine rings is 1. The molecule has 0 radical (unpaired) electrons. The molecule has 2 saturated heterocycles. The molecule has 0 unspecified atom stereocenters. The average molecular weight is 564 g/mol. The standard InChI is InChI=1S/C34H37N5O3/c1-24-33-38(32(41)23-36(2)39(33)34(42)35-20-26-9-4-3-5-10-26)29(19-25-15-17-30(40)18-16-25)22-37(24)21-28-13-8-12-27-11-6-7-14-31(27)28/h3-18,24,29,33,40H,19-23H2,1-2H3,(H,35,42)/t24-,29+,33+/m1/s1. The van der Waals surface area contributed by atoms with Gasteiger partial charge in [0.15, 0.2) is 0 Å². The van der Waals surface area contributed by atoms with Crippen LogP contribution in [0.1, 0.15) is 23.6 Å². The Bertz CT molecular complexity index is 1560. The summed E-state index contributed by atoms with van der Waals surface area (Å²) in [6.45, 7) is 3.99. The van der Waals surface area contributed by atoms with E-state index in [4.69, 9.17) is 0 Å². The smallest absolute Gasteiger partial charge is 0.334 e. The second-order valence-corrected chi connectivity index (χ2v) is 11.4. The monoisotopic (exact) mass is 563 g/mol. The number of urea groups is 1. The van der Waals surface area contributed by atoms with Gasteiger partial charge in [-0.15, -0.1) is 0 Å². The fourth-order valence-electron chi connectivity index (χ4n) is 6.45. The van der Waals surface area contributed by atoms with Gasteiger partial charge in [-0.2, -0.15) is 0 Å². The summed E-state index contributed by atoms with van der Waals surface area (Å²) >= 11 is 0. The van der Waals surface area contributed by atoms with Crippen LogP contribution in [0.5, 0.6) is 5.75 Å². The molecule has 216 valence electrons. The van der Waals surface area contributed by atoms with Crippen molar-refractivity contribution in [2.75, 3.05) is 20.1 Å². The van der Waals surface area contributed by atoms with Crippen LogP contribution < -0.4 is 5.32 Å². The first-order chi connectivity index (χ1) is 20.4. The van der Waals surface area contributed by atoms with Crippen molar-refractivity contribution in [3.05, 3.63) is 114 Å². The summed E-state index contributed by atoms with van der Waals surface area (Å²) in [6.07, 6.45) is 0.127. The van der Waals surface area contributed by atoms with E-state index in [2.05, 4.69) is 59.6 Å². The fourth-order valence-corrected chi connectivity index (χ4v) is 6.45. The number of nitrogens with zero attached hydrogens (tertiary/aromatic N) is 4. The highest BCUT2D eigenvalue weighted by Crippen LogP contribution is 2.33. The predicted molar refractivity (Wildman–Crippen MR) is 163 cm³/mol. The summed E-state index contributed by atoms with van der Waals surface area (Å²) in [5, 5.41) is 18.8. The molecule has 0 aromatic heterocycles. The van der Waals surface area contributed by atoms with Crippen molar-refractivity contribution in [3.63, 3.8) is 0 Å². The van der Waals surface area contributed by atoms with Gasteiger partial charge >= 0.3 is 6.03 Å². The molecule has 8 nitrogen and oxygen atoms in total. The highest BCUT2D eigenvalue weighted by Gasteiger charge is 2.50. The molecule has 2 N–H and O–H groups in total. The molecule has 3 atom stereocenters. The third-order valence-corrected chi connectivity index (χ3v) is 8.56. The summed E-state index contributed by atoms with van der Waals surface area (Å²) in [4.78, 5) is 31.8. The van der Waals surface area contributed by atoms with E-state index in [9.17, 15) is 14.7 Å². The number of hydrogen-bond acceptors (Lipinski definition) is 5. The van der Waals surface area contributed by atoms with Crippen LogP contribution >= 0.6 is 0 Å². The number of amides is 3. The van der Waals surface area contributed by atoms with Gasteiger partial charge in [0.05, 0.1) is 12.6 Å². The normalized spacial score (nSPS) is 21.4. The van der Waals surface area contributed by atoms with E-state index in [1.807, 2.05) is 54.4 Å². The predicted octanol–water partition coefficient (Wildman–Crippen LogP) is 4.59. The molecular formula is C34H37N5O3. The Morgan fingerprint density at radius 3 is 2.40 bits per heavy atom. The van der Waals surface area contributed by atoms with Gasteiger partial charge in [0.1, 0.15) is 11.9 Å². The Kier molecular flexibility index (Phi) is 7.82. The second kappa shape index (κ2) is 11.8. The van der Waals surface area contributed by atoms with Crippen molar-refractivity contribution in [2.45, 2.75) is 44.7 Å². The lowest BCUT2D eigenvalue weighted by atomic mass is 9.95. The number of phenolic OH excluding ortho intramolecular Hbond substituents is 1. The van der Waals surface area contributed by atoms with E-state index in [0.29, 0.717) is 26.1 Å². The first-order valence-corrected chi connectivity index (χ1v) is 14.5. The van der Waals surface area contributed by atoms with E-state index in [1.54, 1.807) is 22.2 Å². The lowest BCUT2D eigenvalue weighted by Crippen LogP contribution is -2.77. The number of hydrogen-bond donors (Lipinski definition) is 2. The summed E-state index contributed by atoms with van der Waals surface area (Å²) in [6, 6.07) is 31.3. The number of benzene rings is 4. The van der Waals surface area contributed by atoms with Crippen molar-refractivity contribution in [2.24, 2.45) is 0 Å². The molecule has 0 spiro atoms. The lowest BCUT2D eigenvalue weighted by Gasteiger charge is -2.58. The highest BCUT2D eigenvalue weighted by molar-refractivity contribution is 5.86. The zero-order valence-corrected chi connectivity index (χ0v) is 24.1. The number of carbonyl (C=O) groups excluding carboxylic acids is 2. The van der Waals surface area contributed by atoms with Crippen molar-refractivity contribution < 1.29 is 14.7 Å². The summed E-state index contributed by atoms with van der Waals surface area (Å²) in [7, 11) is 1.81. The van der Waals surface area contributed by atoms with Crippen molar-refractivity contribution in [1.82, 2.24) is 25.1 Å². The van der Waals surface area contributed by atoms with Crippen LogP contribution in [-0.2, 0) is 24.3 Å². The van der Waals surface area contributed by atoms with E-state index in [-0.39, 0.29) is 36.3 Å². The largest absolute Gasteiger partial charge is 0.508 e. The van der Waals surface area contributed by atoms with Gasteiger partial charge in [0.25, 0.3) is 0 Å². The van der Waals surface area contributed by atoms with E-state index in [0.717, 1.165) is 11.1 Å². The molecule has 2 heterocycles. The average Bonchev–Trinajstić information content (AvgIpc) is 3.00. The minimum absolute atomic E-state index is 0.00930. The number of likely N-dealkylation sites (N-methyl/N-ethyl adjacent to an activating group) is 1. The van der Waals surface area contributed by atoms with E-state index in [1.165, 1.54) is 16.3 Å². The Labute approximate surface area is 246 Å². The third kappa shape index (κ3) is 5.55. The van der Waals surface area contributed by atoms with E-state index >= 15 is 0 Å². The molecule has 0 bridgehead atoms. The zero-order valence-electron chi connectivity index (χ0n) is 24.1. The van der Waals surface area contributed by atoms with Crippen molar-refractivity contribution >= 4 is 22.7 Å². The van der Waals surface area contributed by atoms with Gasteiger partial charge in [-0.3, -0.25) is 9.69 Å². The maximum absolute atomic E-state index is 13.8. The molecule has 6 rings (SSSR count). The number of hydrazine groups is 1. The quantitative estimate of drug-likeness (QED) is 0.359. The van der Waals surface area contributed by atoms with Crippen LogP contribution in [0.3, 0.4) is 0 Å². The lowest BCUT2D eigenvalue weighted by molar-refractivity contribution is -0.190. The van der Waals surface area contributed by atoms with Gasteiger partial charge in [-0.1, -0.05) is 84.9 Å². The van der Waals surface area contributed by atoms with Gasteiger partial charge in [0, 0.05) is 32.7 Å². The maximum Gasteiger partial charge on any atom is 0.334 e. The van der Waals surface area contributed by atoms with Crippen LogP contribution in [0.4, 0.5) is 4.79 Å². The van der Waals surface area contributed by atoms with Gasteiger partial charge in [-0.05, 0) is 52.9 Å². The Balaban J connectivity index is 1.34. The van der Waals surface area contributed by atoms with E-state index < -0.39 is 6.17 Å². The van der Waals surface area contributed by atoms with Crippen LogP contribution in [0.2, 0.25) is 0 Å². The molecular weight excluding hydrogens is 526 g/mol. The van der Waals surface area contributed by atoms with Crippen LogP contribution in [-0.4, -0.2) is 75.2 Å². The second-order valence-electron chi connectivity index (χ2n) is 11.4. The number of fused-ring (bicyclic) bond motifs is 2. The zero-order chi connectivity index (χ0) is 29.2. The van der Waals surface area contributed by atoms with Crippen LogP contribution in [0.15, 0.2) is 97.1 Å². The minimum Gasteiger partial charge on any atom is -0.508 e. The molecule has 8 heteroatoms. The topological polar surface area (TPSA) is 79.4 Å².